The zero-order chi connectivity index (χ0) is 43.5. The fourth-order valence-corrected chi connectivity index (χ4v) is 7.64. The first-order valence-electron chi connectivity index (χ1n) is 26.5. The molecule has 0 aliphatic carbocycles. The summed E-state index contributed by atoms with van der Waals surface area (Å²) >= 11 is 0. The molecule has 0 aromatic rings. The van der Waals surface area contributed by atoms with E-state index in [1.54, 1.807) is 0 Å². The molecule has 60 heavy (non-hydrogen) atoms. The molecule has 0 aromatic carbocycles. The molecule has 0 radical (unpaired) electrons. The van der Waals surface area contributed by atoms with Crippen LogP contribution in [-0.4, -0.2) is 37.9 Å². The largest absolute Gasteiger partial charge is 0.462 e. The quantitative estimate of drug-likeness (QED) is 0.0347. The van der Waals surface area contributed by atoms with Gasteiger partial charge in [-0.2, -0.15) is 0 Å². The van der Waals surface area contributed by atoms with Crippen molar-refractivity contribution in [1.29, 1.82) is 0 Å². The van der Waals surface area contributed by atoms with Gasteiger partial charge in [-0.25, -0.2) is 0 Å². The Morgan fingerprint density at radius 1 is 0.367 bits per heavy atom. The first-order chi connectivity index (χ1) is 29.6. The van der Waals surface area contributed by atoms with Crippen LogP contribution in [0.2, 0.25) is 0 Å². The first-order valence-corrected chi connectivity index (χ1v) is 26.5. The number of rotatable bonds is 49. The standard InChI is InChI=1S/C55H102O5/c1-4-7-10-13-16-19-22-24-26-27-28-30-32-35-38-41-44-47-50-58-51-53(60-55(57)49-46-43-40-37-33-21-18-15-12-9-6-3)52-59-54(56)48-45-42-39-36-34-31-29-25-23-20-17-14-11-8-5-2/h15,17-18,20,25,29,53H,4-14,16,19,21-24,26-28,30-52H2,1-3H3/b18-15-,20-17-,29-25-. The lowest BCUT2D eigenvalue weighted by atomic mass is 10.0. The van der Waals surface area contributed by atoms with E-state index in [0.717, 1.165) is 64.2 Å². The maximum Gasteiger partial charge on any atom is 0.306 e. The van der Waals surface area contributed by atoms with Crippen molar-refractivity contribution in [3.63, 3.8) is 0 Å². The SMILES string of the molecule is CCCC/C=C\CCCCCCCC(=O)OC(COCCCCCCCCCCCCCCCCCCCC)COC(=O)CCCCCCC/C=C\C/C=C\CCCCC. The number of carbonyl (C=O) groups excluding carboxylic acids is 2. The van der Waals surface area contributed by atoms with Crippen molar-refractivity contribution < 1.29 is 23.8 Å². The highest BCUT2D eigenvalue weighted by Gasteiger charge is 2.17. The second-order valence-corrected chi connectivity index (χ2v) is 17.8. The number of allylic oxidation sites excluding steroid dienone is 6. The lowest BCUT2D eigenvalue weighted by Gasteiger charge is -2.18. The van der Waals surface area contributed by atoms with Crippen LogP contribution in [0, 0.1) is 0 Å². The molecule has 0 spiro atoms. The normalized spacial score (nSPS) is 12.4. The van der Waals surface area contributed by atoms with Crippen molar-refractivity contribution in [2.45, 2.75) is 284 Å². The van der Waals surface area contributed by atoms with Gasteiger partial charge in [0.1, 0.15) is 6.61 Å². The summed E-state index contributed by atoms with van der Waals surface area (Å²) in [6.45, 7) is 7.79. The first kappa shape index (κ1) is 58.1. The third-order valence-electron chi connectivity index (χ3n) is 11.6. The molecular weight excluding hydrogens is 741 g/mol. The van der Waals surface area contributed by atoms with E-state index < -0.39 is 6.10 Å². The van der Waals surface area contributed by atoms with Crippen molar-refractivity contribution in [2.24, 2.45) is 0 Å². The minimum atomic E-state index is -0.541. The van der Waals surface area contributed by atoms with Gasteiger partial charge >= 0.3 is 11.9 Å². The van der Waals surface area contributed by atoms with Gasteiger partial charge in [-0.1, -0.05) is 231 Å². The fraction of sp³-hybridized carbons (Fsp3) is 0.855. The van der Waals surface area contributed by atoms with Crippen molar-refractivity contribution in [3.8, 4) is 0 Å². The summed E-state index contributed by atoms with van der Waals surface area (Å²) in [7, 11) is 0. The second-order valence-electron chi connectivity index (χ2n) is 17.8. The number of hydrogen-bond acceptors (Lipinski definition) is 5. The number of carbonyl (C=O) groups is 2. The summed E-state index contributed by atoms with van der Waals surface area (Å²) in [5.74, 6) is -0.411. The highest BCUT2D eigenvalue weighted by atomic mass is 16.6. The molecule has 0 saturated carbocycles. The molecule has 5 heteroatoms. The van der Waals surface area contributed by atoms with Gasteiger partial charge in [-0.3, -0.25) is 9.59 Å². The Labute approximate surface area is 374 Å². The third-order valence-corrected chi connectivity index (χ3v) is 11.6. The highest BCUT2D eigenvalue weighted by Crippen LogP contribution is 2.16. The average Bonchev–Trinajstić information content (AvgIpc) is 3.25. The molecule has 0 aromatic heterocycles. The zero-order valence-electron chi connectivity index (χ0n) is 40.5. The van der Waals surface area contributed by atoms with Gasteiger partial charge in [0.05, 0.1) is 6.61 Å². The van der Waals surface area contributed by atoms with Crippen LogP contribution in [0.25, 0.3) is 0 Å². The van der Waals surface area contributed by atoms with Gasteiger partial charge in [-0.15, -0.1) is 0 Å². The number of ether oxygens (including phenoxy) is 3. The van der Waals surface area contributed by atoms with Crippen molar-refractivity contribution >= 4 is 11.9 Å². The van der Waals surface area contributed by atoms with Crippen LogP contribution in [0.4, 0.5) is 0 Å². The second kappa shape index (κ2) is 51.5. The van der Waals surface area contributed by atoms with E-state index in [1.165, 1.54) is 180 Å². The van der Waals surface area contributed by atoms with E-state index in [2.05, 4.69) is 57.2 Å². The zero-order valence-corrected chi connectivity index (χ0v) is 40.5. The van der Waals surface area contributed by atoms with Gasteiger partial charge in [0, 0.05) is 19.4 Å². The lowest BCUT2D eigenvalue weighted by molar-refractivity contribution is -0.163. The molecule has 0 bridgehead atoms. The number of esters is 2. The maximum absolute atomic E-state index is 12.8. The molecular formula is C55H102O5. The van der Waals surface area contributed by atoms with Crippen LogP contribution in [0.3, 0.4) is 0 Å². The smallest absolute Gasteiger partial charge is 0.306 e. The maximum atomic E-state index is 12.8. The molecule has 0 aliphatic heterocycles. The molecule has 5 nitrogen and oxygen atoms in total. The van der Waals surface area contributed by atoms with E-state index in [4.69, 9.17) is 14.2 Å². The van der Waals surface area contributed by atoms with E-state index in [-0.39, 0.29) is 25.2 Å². The molecule has 0 N–H and O–H groups in total. The van der Waals surface area contributed by atoms with Crippen molar-refractivity contribution in [3.05, 3.63) is 36.5 Å². The Bertz CT molecular complexity index is 955. The van der Waals surface area contributed by atoms with Crippen molar-refractivity contribution in [1.82, 2.24) is 0 Å². The Hall–Kier alpha value is -1.88. The Balaban J connectivity index is 4.21. The summed E-state index contributed by atoms with van der Waals surface area (Å²) < 4.78 is 17.4. The van der Waals surface area contributed by atoms with Crippen molar-refractivity contribution in [2.75, 3.05) is 19.8 Å². The predicted octanol–water partition coefficient (Wildman–Crippen LogP) is 17.8. The number of unbranched alkanes of at least 4 members (excludes halogenated alkanes) is 32. The van der Waals surface area contributed by atoms with Gasteiger partial charge in [-0.05, 0) is 70.6 Å². The summed E-state index contributed by atoms with van der Waals surface area (Å²) in [4.78, 5) is 25.3. The molecule has 352 valence electrons. The molecule has 0 fully saturated rings. The summed E-state index contributed by atoms with van der Waals surface area (Å²) in [5, 5.41) is 0. The average molecular weight is 843 g/mol. The molecule has 0 saturated heterocycles. The molecule has 1 unspecified atom stereocenters. The Kier molecular flexibility index (Phi) is 49.9. The lowest BCUT2D eigenvalue weighted by Crippen LogP contribution is -2.30. The van der Waals surface area contributed by atoms with Crippen LogP contribution >= 0.6 is 0 Å². The monoisotopic (exact) mass is 843 g/mol. The number of hydrogen-bond donors (Lipinski definition) is 0. The minimum absolute atomic E-state index is 0.0791. The molecule has 0 aliphatic rings. The summed E-state index contributed by atoms with van der Waals surface area (Å²) in [5.41, 5.74) is 0. The third kappa shape index (κ3) is 48.8. The van der Waals surface area contributed by atoms with Gasteiger partial charge in [0.25, 0.3) is 0 Å². The van der Waals surface area contributed by atoms with E-state index in [0.29, 0.717) is 19.4 Å². The Morgan fingerprint density at radius 3 is 1.20 bits per heavy atom. The molecule has 0 rings (SSSR count). The van der Waals surface area contributed by atoms with Gasteiger partial charge in [0.15, 0.2) is 6.10 Å². The molecule has 0 heterocycles. The fourth-order valence-electron chi connectivity index (χ4n) is 7.64. The van der Waals surface area contributed by atoms with E-state index in [1.807, 2.05) is 0 Å². The topological polar surface area (TPSA) is 61.8 Å². The highest BCUT2D eigenvalue weighted by molar-refractivity contribution is 5.70. The van der Waals surface area contributed by atoms with E-state index >= 15 is 0 Å². The summed E-state index contributed by atoms with van der Waals surface area (Å²) in [6.07, 6.45) is 61.5. The van der Waals surface area contributed by atoms with Gasteiger partial charge in [0.2, 0.25) is 0 Å². The van der Waals surface area contributed by atoms with Gasteiger partial charge < -0.3 is 14.2 Å². The van der Waals surface area contributed by atoms with E-state index in [9.17, 15) is 9.59 Å². The van der Waals surface area contributed by atoms with Crippen LogP contribution in [0.1, 0.15) is 278 Å². The summed E-state index contributed by atoms with van der Waals surface area (Å²) in [6, 6.07) is 0. The van der Waals surface area contributed by atoms with Crippen LogP contribution in [0.5, 0.6) is 0 Å². The molecule has 1 atom stereocenters. The van der Waals surface area contributed by atoms with Crippen LogP contribution in [0.15, 0.2) is 36.5 Å². The molecule has 0 amide bonds. The predicted molar refractivity (Wildman–Crippen MR) is 261 cm³/mol. The Morgan fingerprint density at radius 2 is 0.717 bits per heavy atom. The minimum Gasteiger partial charge on any atom is -0.462 e. The van der Waals surface area contributed by atoms with Crippen LogP contribution < -0.4 is 0 Å². The van der Waals surface area contributed by atoms with Crippen LogP contribution in [-0.2, 0) is 23.8 Å².